The first kappa shape index (κ1) is 16.6. The van der Waals surface area contributed by atoms with Crippen molar-refractivity contribution < 1.29 is 13.9 Å². The molecule has 0 saturated carbocycles. The van der Waals surface area contributed by atoms with Crippen molar-refractivity contribution in [2.75, 3.05) is 26.2 Å². The van der Waals surface area contributed by atoms with E-state index in [0.717, 1.165) is 19.5 Å². The fraction of sp³-hybridized carbons (Fsp3) is 0.588. The Balaban J connectivity index is 1.62. The maximum Gasteiger partial charge on any atom is 0.317 e. The molecular weight excluding hydrogens is 283 g/mol. The Morgan fingerprint density at radius 3 is 2.55 bits per heavy atom. The maximum absolute atomic E-state index is 12.7. The smallest absolute Gasteiger partial charge is 0.317 e. The third-order valence-electron chi connectivity index (χ3n) is 3.84. The zero-order chi connectivity index (χ0) is 15.9. The Labute approximate surface area is 131 Å². The van der Waals surface area contributed by atoms with Crippen molar-refractivity contribution in [3.63, 3.8) is 0 Å². The normalized spacial score (nSPS) is 21.5. The van der Waals surface area contributed by atoms with Gasteiger partial charge in [0.2, 0.25) is 0 Å². The largest absolute Gasteiger partial charge is 0.494 e. The predicted octanol–water partition coefficient (Wildman–Crippen LogP) is 3.28. The van der Waals surface area contributed by atoms with Gasteiger partial charge in [0.05, 0.1) is 6.61 Å². The summed E-state index contributed by atoms with van der Waals surface area (Å²) in [6.07, 6.45) is 1.91. The van der Waals surface area contributed by atoms with Crippen LogP contribution in [0.15, 0.2) is 24.3 Å². The highest BCUT2D eigenvalue weighted by atomic mass is 19.1. The number of nitrogens with one attached hydrogen (secondary N) is 1. The van der Waals surface area contributed by atoms with Crippen LogP contribution in [0.4, 0.5) is 9.18 Å². The lowest BCUT2D eigenvalue weighted by Crippen LogP contribution is -2.47. The molecule has 4 nitrogen and oxygen atoms in total. The number of piperidine rings is 1. The molecule has 5 heteroatoms. The Hall–Kier alpha value is -1.78. The highest BCUT2D eigenvalue weighted by Gasteiger charge is 2.24. The first-order valence-corrected chi connectivity index (χ1v) is 7.95. The Bertz CT molecular complexity index is 468. The van der Waals surface area contributed by atoms with Gasteiger partial charge in [0.15, 0.2) is 0 Å². The summed E-state index contributed by atoms with van der Waals surface area (Å²) >= 11 is 0. The number of amides is 2. The van der Waals surface area contributed by atoms with Gasteiger partial charge in [-0.15, -0.1) is 0 Å². The molecule has 0 spiro atoms. The van der Waals surface area contributed by atoms with E-state index in [-0.39, 0.29) is 11.8 Å². The fourth-order valence-corrected chi connectivity index (χ4v) is 2.93. The number of rotatable bonds is 5. The first-order chi connectivity index (χ1) is 10.5. The van der Waals surface area contributed by atoms with Crippen LogP contribution in [0.3, 0.4) is 0 Å². The Morgan fingerprint density at radius 2 is 1.91 bits per heavy atom. The molecule has 0 aliphatic carbocycles. The van der Waals surface area contributed by atoms with Crippen molar-refractivity contribution in [3.8, 4) is 5.75 Å². The third kappa shape index (κ3) is 5.20. The predicted molar refractivity (Wildman–Crippen MR) is 84.4 cm³/mol. The maximum atomic E-state index is 12.7. The number of ether oxygens (including phenoxy) is 1. The average molecular weight is 308 g/mol. The number of carbonyl (C=O) groups excluding carboxylic acids is 1. The highest BCUT2D eigenvalue weighted by Crippen LogP contribution is 2.20. The molecule has 122 valence electrons. The minimum atomic E-state index is -0.274. The highest BCUT2D eigenvalue weighted by molar-refractivity contribution is 5.74. The summed E-state index contributed by atoms with van der Waals surface area (Å²) in [5.41, 5.74) is 0. The van der Waals surface area contributed by atoms with Crippen LogP contribution in [0, 0.1) is 17.7 Å². The monoisotopic (exact) mass is 308 g/mol. The summed E-state index contributed by atoms with van der Waals surface area (Å²) in [7, 11) is 0. The molecule has 22 heavy (non-hydrogen) atoms. The van der Waals surface area contributed by atoms with E-state index < -0.39 is 0 Å². The van der Waals surface area contributed by atoms with Crippen molar-refractivity contribution in [1.29, 1.82) is 0 Å². The van der Waals surface area contributed by atoms with Gasteiger partial charge in [0.25, 0.3) is 0 Å². The third-order valence-corrected chi connectivity index (χ3v) is 3.84. The molecule has 2 rings (SSSR count). The summed E-state index contributed by atoms with van der Waals surface area (Å²) in [5.74, 6) is 1.50. The van der Waals surface area contributed by atoms with Crippen LogP contribution in [0.5, 0.6) is 5.75 Å². The fourth-order valence-electron chi connectivity index (χ4n) is 2.93. The molecule has 1 aromatic rings. The topological polar surface area (TPSA) is 41.6 Å². The molecule has 1 aliphatic heterocycles. The first-order valence-electron chi connectivity index (χ1n) is 7.95. The number of likely N-dealkylation sites (tertiary alicyclic amines) is 1. The lowest BCUT2D eigenvalue weighted by atomic mass is 9.92. The SMILES string of the molecule is CC1CC(C)CN(C(=O)NCCCOc2ccc(F)cc2)C1. The molecule has 2 unspecified atom stereocenters. The zero-order valence-corrected chi connectivity index (χ0v) is 13.3. The second kappa shape index (κ2) is 8.01. The van der Waals surface area contributed by atoms with E-state index in [9.17, 15) is 9.18 Å². The zero-order valence-electron chi connectivity index (χ0n) is 13.3. The molecule has 1 fully saturated rings. The van der Waals surface area contributed by atoms with Crippen LogP contribution in [-0.4, -0.2) is 37.2 Å². The van der Waals surface area contributed by atoms with E-state index in [0.29, 0.717) is 30.7 Å². The number of benzene rings is 1. The van der Waals surface area contributed by atoms with Gasteiger partial charge in [-0.25, -0.2) is 9.18 Å². The van der Waals surface area contributed by atoms with Crippen molar-refractivity contribution in [1.82, 2.24) is 10.2 Å². The number of hydrogen-bond donors (Lipinski definition) is 1. The van der Waals surface area contributed by atoms with Crippen molar-refractivity contribution in [2.24, 2.45) is 11.8 Å². The average Bonchev–Trinajstić information content (AvgIpc) is 2.47. The van der Waals surface area contributed by atoms with Gasteiger partial charge in [-0.1, -0.05) is 13.8 Å². The summed E-state index contributed by atoms with van der Waals surface area (Å²) in [6.45, 7) is 7.13. The van der Waals surface area contributed by atoms with Gasteiger partial charge in [-0.05, 0) is 48.9 Å². The summed E-state index contributed by atoms with van der Waals surface area (Å²) in [5, 5.41) is 2.94. The number of carbonyl (C=O) groups is 1. The minimum Gasteiger partial charge on any atom is -0.494 e. The van der Waals surface area contributed by atoms with Gasteiger partial charge >= 0.3 is 6.03 Å². The Kier molecular flexibility index (Phi) is 6.04. The van der Waals surface area contributed by atoms with Crippen LogP contribution in [0.1, 0.15) is 26.7 Å². The summed E-state index contributed by atoms with van der Waals surface area (Å²) in [6, 6.07) is 5.96. The number of halogens is 1. The number of hydrogen-bond acceptors (Lipinski definition) is 2. The Morgan fingerprint density at radius 1 is 1.27 bits per heavy atom. The van der Waals surface area contributed by atoms with Gasteiger partial charge in [0, 0.05) is 19.6 Å². The van der Waals surface area contributed by atoms with E-state index in [1.807, 2.05) is 4.90 Å². The summed E-state index contributed by atoms with van der Waals surface area (Å²) in [4.78, 5) is 14.0. The van der Waals surface area contributed by atoms with Gasteiger partial charge in [-0.3, -0.25) is 0 Å². The van der Waals surface area contributed by atoms with Gasteiger partial charge in [-0.2, -0.15) is 0 Å². The van der Waals surface area contributed by atoms with Crippen LogP contribution in [0.25, 0.3) is 0 Å². The van der Waals surface area contributed by atoms with Crippen LogP contribution in [-0.2, 0) is 0 Å². The second-order valence-electron chi connectivity index (χ2n) is 6.24. The van der Waals surface area contributed by atoms with E-state index in [4.69, 9.17) is 4.74 Å². The molecule has 2 amide bonds. The molecule has 1 N–H and O–H groups in total. The van der Waals surface area contributed by atoms with Crippen molar-refractivity contribution in [2.45, 2.75) is 26.7 Å². The molecular formula is C17H25FN2O2. The minimum absolute atomic E-state index is 0.0141. The van der Waals surface area contributed by atoms with Gasteiger partial charge < -0.3 is 15.0 Å². The molecule has 1 heterocycles. The second-order valence-corrected chi connectivity index (χ2v) is 6.24. The van der Waals surface area contributed by atoms with Gasteiger partial charge in [0.1, 0.15) is 11.6 Å². The van der Waals surface area contributed by atoms with Crippen LogP contribution >= 0.6 is 0 Å². The van der Waals surface area contributed by atoms with Crippen LogP contribution in [0.2, 0.25) is 0 Å². The molecule has 2 atom stereocenters. The van der Waals surface area contributed by atoms with Crippen LogP contribution < -0.4 is 10.1 Å². The molecule has 0 radical (unpaired) electrons. The molecule has 1 saturated heterocycles. The van der Waals surface area contributed by atoms with E-state index >= 15 is 0 Å². The summed E-state index contributed by atoms with van der Waals surface area (Å²) < 4.78 is 18.2. The molecule has 1 aromatic carbocycles. The lowest BCUT2D eigenvalue weighted by molar-refractivity contribution is 0.145. The van der Waals surface area contributed by atoms with E-state index in [2.05, 4.69) is 19.2 Å². The van der Waals surface area contributed by atoms with Crippen molar-refractivity contribution in [3.05, 3.63) is 30.1 Å². The number of urea groups is 1. The molecule has 0 bridgehead atoms. The lowest BCUT2D eigenvalue weighted by Gasteiger charge is -2.34. The standard InChI is InChI=1S/C17H25FN2O2/c1-13-10-14(2)12-20(11-13)17(21)19-8-3-9-22-16-6-4-15(18)5-7-16/h4-7,13-14H,3,8-12H2,1-2H3,(H,19,21). The van der Waals surface area contributed by atoms with E-state index in [1.54, 1.807) is 12.1 Å². The van der Waals surface area contributed by atoms with E-state index in [1.165, 1.54) is 18.6 Å². The molecule has 0 aromatic heterocycles. The quantitative estimate of drug-likeness (QED) is 0.848. The van der Waals surface area contributed by atoms with Crippen molar-refractivity contribution >= 4 is 6.03 Å². The molecule has 1 aliphatic rings. The number of nitrogens with zero attached hydrogens (tertiary/aromatic N) is 1.